The Bertz CT molecular complexity index is 690. The normalized spacial score (nSPS) is 10.4. The molecular weight excluding hydrogens is 248 g/mol. The van der Waals surface area contributed by atoms with Gasteiger partial charge in [0.05, 0.1) is 0 Å². The van der Waals surface area contributed by atoms with Crippen molar-refractivity contribution >= 4 is 5.69 Å². The first kappa shape index (κ1) is 12.4. The van der Waals surface area contributed by atoms with E-state index in [1.165, 1.54) is 0 Å². The van der Waals surface area contributed by atoms with Gasteiger partial charge in [0.25, 0.3) is 0 Å². The molecule has 0 radical (unpaired) electrons. The van der Waals surface area contributed by atoms with Gasteiger partial charge in [-0.1, -0.05) is 18.2 Å². The molecule has 0 bridgehead atoms. The Morgan fingerprint density at radius 2 is 1.70 bits per heavy atom. The fraction of sp³-hybridized carbons (Fsp3) is 0.0588. The fourth-order valence-electron chi connectivity index (χ4n) is 2.15. The van der Waals surface area contributed by atoms with E-state index in [9.17, 15) is 5.11 Å². The molecule has 0 aliphatic carbocycles. The van der Waals surface area contributed by atoms with Crippen LogP contribution in [0.3, 0.4) is 0 Å². The summed E-state index contributed by atoms with van der Waals surface area (Å²) < 4.78 is 2.07. The van der Waals surface area contributed by atoms with Gasteiger partial charge in [0.15, 0.2) is 0 Å². The Kier molecular flexibility index (Phi) is 3.42. The van der Waals surface area contributed by atoms with Crippen LogP contribution in [0.4, 0.5) is 5.69 Å². The van der Waals surface area contributed by atoms with Crippen LogP contribution in [0.1, 0.15) is 5.56 Å². The number of nitrogens with one attached hydrogen (secondary N) is 1. The lowest BCUT2D eigenvalue weighted by atomic mass is 10.2. The number of benzene rings is 2. The Balaban J connectivity index is 1.73. The van der Waals surface area contributed by atoms with Crippen LogP contribution in [0.15, 0.2) is 73.1 Å². The van der Waals surface area contributed by atoms with Crippen LogP contribution in [0.2, 0.25) is 0 Å². The first-order chi connectivity index (χ1) is 9.81. The van der Waals surface area contributed by atoms with Gasteiger partial charge in [-0.05, 0) is 48.0 Å². The van der Waals surface area contributed by atoms with Crippen LogP contribution in [0.5, 0.6) is 5.75 Å². The van der Waals surface area contributed by atoms with E-state index in [-0.39, 0.29) is 0 Å². The molecule has 100 valence electrons. The Hall–Kier alpha value is -2.68. The van der Waals surface area contributed by atoms with Gasteiger partial charge in [0.1, 0.15) is 5.75 Å². The first-order valence-electron chi connectivity index (χ1n) is 6.56. The average Bonchev–Trinajstić information content (AvgIpc) is 3.00. The van der Waals surface area contributed by atoms with Gasteiger partial charge in [-0.25, -0.2) is 0 Å². The van der Waals surface area contributed by atoms with Crippen molar-refractivity contribution in [2.45, 2.75) is 6.54 Å². The highest BCUT2D eigenvalue weighted by Gasteiger charge is 1.98. The fourth-order valence-corrected chi connectivity index (χ4v) is 2.15. The molecule has 2 aromatic carbocycles. The second-order valence-corrected chi connectivity index (χ2v) is 4.66. The second kappa shape index (κ2) is 5.53. The summed E-state index contributed by atoms with van der Waals surface area (Å²) in [6.45, 7) is 0.684. The predicted molar refractivity (Wildman–Crippen MR) is 81.2 cm³/mol. The molecule has 20 heavy (non-hydrogen) atoms. The lowest BCUT2D eigenvalue weighted by Gasteiger charge is -2.09. The molecule has 0 saturated carbocycles. The minimum Gasteiger partial charge on any atom is -0.508 e. The summed E-state index contributed by atoms with van der Waals surface area (Å²) in [6, 6.07) is 19.5. The zero-order chi connectivity index (χ0) is 13.8. The largest absolute Gasteiger partial charge is 0.508 e. The molecule has 0 aliphatic rings. The molecule has 3 nitrogen and oxygen atoms in total. The first-order valence-corrected chi connectivity index (χ1v) is 6.56. The van der Waals surface area contributed by atoms with Crippen molar-refractivity contribution in [3.05, 3.63) is 78.6 Å². The van der Waals surface area contributed by atoms with Crippen molar-refractivity contribution in [1.82, 2.24) is 4.57 Å². The molecule has 0 amide bonds. The molecule has 3 heteroatoms. The smallest absolute Gasteiger partial charge is 0.115 e. The Labute approximate surface area is 118 Å². The maximum atomic E-state index is 9.45. The van der Waals surface area contributed by atoms with Gasteiger partial charge in [-0.3, -0.25) is 0 Å². The van der Waals surface area contributed by atoms with Crippen molar-refractivity contribution in [3.8, 4) is 11.4 Å². The summed E-state index contributed by atoms with van der Waals surface area (Å²) in [5.41, 5.74) is 3.23. The van der Waals surface area contributed by atoms with E-state index >= 15 is 0 Å². The van der Waals surface area contributed by atoms with Gasteiger partial charge in [-0.15, -0.1) is 0 Å². The topological polar surface area (TPSA) is 37.2 Å². The molecule has 0 aliphatic heterocycles. The highest BCUT2D eigenvalue weighted by atomic mass is 16.3. The van der Waals surface area contributed by atoms with Crippen LogP contribution in [0.25, 0.3) is 5.69 Å². The van der Waals surface area contributed by atoms with E-state index in [2.05, 4.69) is 22.0 Å². The van der Waals surface area contributed by atoms with Gasteiger partial charge in [0.2, 0.25) is 0 Å². The summed E-state index contributed by atoms with van der Waals surface area (Å²) in [4.78, 5) is 0. The number of phenolic OH excluding ortho intramolecular Hbond substituents is 1. The maximum Gasteiger partial charge on any atom is 0.115 e. The molecule has 0 unspecified atom stereocenters. The Morgan fingerprint density at radius 1 is 0.900 bits per heavy atom. The van der Waals surface area contributed by atoms with Crippen molar-refractivity contribution in [2.24, 2.45) is 0 Å². The third-order valence-electron chi connectivity index (χ3n) is 3.16. The molecule has 0 spiro atoms. The zero-order valence-electron chi connectivity index (χ0n) is 11.0. The second-order valence-electron chi connectivity index (χ2n) is 4.66. The number of anilines is 1. The summed E-state index contributed by atoms with van der Waals surface area (Å²) >= 11 is 0. The highest BCUT2D eigenvalue weighted by Crippen LogP contribution is 2.17. The number of aromatic nitrogens is 1. The van der Waals surface area contributed by atoms with Crippen LogP contribution < -0.4 is 5.32 Å². The molecule has 1 heterocycles. The molecule has 2 N–H and O–H groups in total. The standard InChI is InChI=1S/C17H16N2O/c20-17-8-3-5-14(11-17)13-18-15-6-4-7-16(12-15)19-9-1-2-10-19/h1-12,18,20H,13H2. The van der Waals surface area contributed by atoms with Gasteiger partial charge >= 0.3 is 0 Å². The van der Waals surface area contributed by atoms with Crippen molar-refractivity contribution in [1.29, 1.82) is 0 Å². The Morgan fingerprint density at radius 3 is 2.50 bits per heavy atom. The number of rotatable bonds is 4. The van der Waals surface area contributed by atoms with Crippen LogP contribution in [-0.4, -0.2) is 9.67 Å². The van der Waals surface area contributed by atoms with Crippen LogP contribution >= 0.6 is 0 Å². The van der Waals surface area contributed by atoms with Crippen molar-refractivity contribution in [3.63, 3.8) is 0 Å². The van der Waals surface area contributed by atoms with Gasteiger partial charge in [0, 0.05) is 30.3 Å². The number of hydrogen-bond acceptors (Lipinski definition) is 2. The molecular formula is C17H16N2O. The van der Waals surface area contributed by atoms with E-state index in [4.69, 9.17) is 0 Å². The summed E-state index contributed by atoms with van der Waals surface area (Å²) in [7, 11) is 0. The number of aromatic hydroxyl groups is 1. The van der Waals surface area contributed by atoms with E-state index in [1.807, 2.05) is 48.8 Å². The molecule has 3 aromatic rings. The summed E-state index contributed by atoms with van der Waals surface area (Å²) in [5.74, 6) is 0.297. The van der Waals surface area contributed by atoms with Crippen molar-refractivity contribution in [2.75, 3.05) is 5.32 Å². The maximum absolute atomic E-state index is 9.45. The van der Waals surface area contributed by atoms with Crippen LogP contribution in [0, 0.1) is 0 Å². The van der Waals surface area contributed by atoms with Gasteiger partial charge in [-0.2, -0.15) is 0 Å². The zero-order valence-corrected chi connectivity index (χ0v) is 11.0. The predicted octanol–water partition coefficient (Wildman–Crippen LogP) is 3.80. The van der Waals surface area contributed by atoms with Crippen molar-refractivity contribution < 1.29 is 5.11 Å². The molecule has 3 rings (SSSR count). The minimum absolute atomic E-state index is 0.297. The highest BCUT2D eigenvalue weighted by molar-refractivity contribution is 5.51. The van der Waals surface area contributed by atoms with E-state index in [1.54, 1.807) is 12.1 Å². The third kappa shape index (κ3) is 2.83. The monoisotopic (exact) mass is 264 g/mol. The number of nitrogens with zero attached hydrogens (tertiary/aromatic N) is 1. The number of phenols is 1. The molecule has 1 aromatic heterocycles. The molecule has 0 atom stereocenters. The van der Waals surface area contributed by atoms with E-state index in [0.29, 0.717) is 12.3 Å². The van der Waals surface area contributed by atoms with E-state index < -0.39 is 0 Å². The van der Waals surface area contributed by atoms with Crippen LogP contribution in [-0.2, 0) is 6.54 Å². The number of hydrogen-bond donors (Lipinski definition) is 2. The summed E-state index contributed by atoms with van der Waals surface area (Å²) in [6.07, 6.45) is 4.04. The van der Waals surface area contributed by atoms with Gasteiger partial charge < -0.3 is 15.0 Å². The molecule has 0 saturated heterocycles. The minimum atomic E-state index is 0.297. The SMILES string of the molecule is Oc1cccc(CNc2cccc(-n3cccc3)c2)c1. The lowest BCUT2D eigenvalue weighted by molar-refractivity contribution is 0.474. The lowest BCUT2D eigenvalue weighted by Crippen LogP contribution is -2.00. The third-order valence-corrected chi connectivity index (χ3v) is 3.16. The van der Waals surface area contributed by atoms with E-state index in [0.717, 1.165) is 16.9 Å². The average molecular weight is 264 g/mol. The summed E-state index contributed by atoms with van der Waals surface area (Å²) in [5, 5.41) is 12.8. The quantitative estimate of drug-likeness (QED) is 0.752. The molecule has 0 fully saturated rings.